The van der Waals surface area contributed by atoms with Gasteiger partial charge in [0.25, 0.3) is 0 Å². The van der Waals surface area contributed by atoms with Crippen molar-refractivity contribution in [2.75, 3.05) is 7.11 Å². The summed E-state index contributed by atoms with van der Waals surface area (Å²) in [7, 11) is 1.57. The molecule has 0 bridgehead atoms. The Bertz CT molecular complexity index is 980. The molecular weight excluding hydrogens is 368 g/mol. The van der Waals surface area contributed by atoms with Crippen LogP contribution in [0.1, 0.15) is 30.3 Å². The standard InChI is InChI=1S/C20H19ClN2O4/c1-3-4-15(24)20-18(11-5-7-12(27-2)8-6-11)19(22-23-20)13-9-14(21)17(26)10-16(13)25/h5-10,25-26H,3-4H2,1-2H3,(H,22,23). The van der Waals surface area contributed by atoms with Crippen molar-refractivity contribution in [1.29, 1.82) is 0 Å². The summed E-state index contributed by atoms with van der Waals surface area (Å²) in [6.45, 7) is 1.92. The molecule has 3 aromatic rings. The molecule has 0 fully saturated rings. The van der Waals surface area contributed by atoms with Gasteiger partial charge in [0.05, 0.1) is 12.1 Å². The zero-order chi connectivity index (χ0) is 19.6. The van der Waals surface area contributed by atoms with Crippen molar-refractivity contribution in [1.82, 2.24) is 10.2 Å². The third-order valence-corrected chi connectivity index (χ3v) is 4.52. The number of methoxy groups -OCH3 is 1. The van der Waals surface area contributed by atoms with Crippen LogP contribution in [-0.4, -0.2) is 33.3 Å². The topological polar surface area (TPSA) is 95.4 Å². The maximum absolute atomic E-state index is 12.6. The van der Waals surface area contributed by atoms with Crippen LogP contribution < -0.4 is 4.74 Å². The van der Waals surface area contributed by atoms with Gasteiger partial charge in [-0.2, -0.15) is 5.10 Å². The minimum Gasteiger partial charge on any atom is -0.507 e. The van der Waals surface area contributed by atoms with E-state index in [0.717, 1.165) is 11.6 Å². The van der Waals surface area contributed by atoms with Crippen molar-refractivity contribution in [3.63, 3.8) is 0 Å². The predicted octanol–water partition coefficient (Wildman–Crippen LogP) is 4.80. The number of H-pyrrole nitrogens is 1. The van der Waals surface area contributed by atoms with Crippen molar-refractivity contribution < 1.29 is 19.7 Å². The largest absolute Gasteiger partial charge is 0.507 e. The van der Waals surface area contributed by atoms with E-state index in [1.165, 1.54) is 6.07 Å². The van der Waals surface area contributed by atoms with Crippen LogP contribution in [0.5, 0.6) is 17.2 Å². The molecule has 0 atom stereocenters. The Morgan fingerprint density at radius 1 is 1.19 bits per heavy atom. The van der Waals surface area contributed by atoms with Gasteiger partial charge in [-0.1, -0.05) is 30.7 Å². The lowest BCUT2D eigenvalue weighted by Gasteiger charge is -2.09. The molecule has 0 saturated carbocycles. The number of aromatic nitrogens is 2. The highest BCUT2D eigenvalue weighted by Crippen LogP contribution is 2.42. The van der Waals surface area contributed by atoms with Gasteiger partial charge in [-0.3, -0.25) is 9.89 Å². The molecule has 0 spiro atoms. The molecule has 0 radical (unpaired) electrons. The Kier molecular flexibility index (Phi) is 5.37. The average Bonchev–Trinajstić information content (AvgIpc) is 3.10. The summed E-state index contributed by atoms with van der Waals surface area (Å²) in [6, 6.07) is 9.76. The number of halogens is 1. The fourth-order valence-corrected chi connectivity index (χ4v) is 3.03. The van der Waals surface area contributed by atoms with Gasteiger partial charge in [-0.15, -0.1) is 0 Å². The highest BCUT2D eigenvalue weighted by Gasteiger charge is 2.23. The number of aromatic amines is 1. The van der Waals surface area contributed by atoms with Crippen molar-refractivity contribution in [3.05, 3.63) is 47.1 Å². The number of hydrogen-bond acceptors (Lipinski definition) is 5. The molecule has 0 aliphatic rings. The Hall–Kier alpha value is -2.99. The third-order valence-electron chi connectivity index (χ3n) is 4.22. The summed E-state index contributed by atoms with van der Waals surface area (Å²) in [5, 5.41) is 27.1. The Labute approximate surface area is 161 Å². The lowest BCUT2D eigenvalue weighted by molar-refractivity contribution is 0.0977. The van der Waals surface area contributed by atoms with Crippen LogP contribution >= 0.6 is 11.6 Å². The van der Waals surface area contributed by atoms with Crippen LogP contribution in [0.2, 0.25) is 5.02 Å². The first-order chi connectivity index (χ1) is 13.0. The molecule has 2 aromatic carbocycles. The normalized spacial score (nSPS) is 10.8. The molecular formula is C20H19ClN2O4. The van der Waals surface area contributed by atoms with Crippen LogP contribution in [0.4, 0.5) is 0 Å². The molecule has 0 aliphatic carbocycles. The number of Topliss-reactive ketones (excluding diaryl/α,β-unsaturated/α-hetero) is 1. The van der Waals surface area contributed by atoms with Crippen molar-refractivity contribution >= 4 is 17.4 Å². The number of phenolic OH excluding ortho intramolecular Hbond substituents is 2. The fourth-order valence-electron chi connectivity index (χ4n) is 2.87. The Morgan fingerprint density at radius 2 is 1.89 bits per heavy atom. The number of ketones is 1. The van der Waals surface area contributed by atoms with Crippen LogP contribution in [0, 0.1) is 0 Å². The van der Waals surface area contributed by atoms with E-state index in [0.29, 0.717) is 41.1 Å². The lowest BCUT2D eigenvalue weighted by Crippen LogP contribution is -2.01. The SMILES string of the molecule is CCCC(=O)c1[nH]nc(-c2cc(Cl)c(O)cc2O)c1-c1ccc(OC)cc1. The highest BCUT2D eigenvalue weighted by molar-refractivity contribution is 6.32. The molecule has 0 saturated heterocycles. The van der Waals surface area contributed by atoms with Crippen LogP contribution in [-0.2, 0) is 0 Å². The van der Waals surface area contributed by atoms with Crippen LogP contribution in [0.3, 0.4) is 0 Å². The number of carbonyl (C=O) groups is 1. The number of benzene rings is 2. The van der Waals surface area contributed by atoms with Gasteiger partial charge in [0.1, 0.15) is 28.6 Å². The number of aromatic hydroxyl groups is 2. The van der Waals surface area contributed by atoms with E-state index in [1.807, 2.05) is 19.1 Å². The maximum Gasteiger partial charge on any atom is 0.181 e. The molecule has 7 heteroatoms. The Balaban J connectivity index is 2.23. The summed E-state index contributed by atoms with van der Waals surface area (Å²) in [5.41, 5.74) is 2.35. The molecule has 27 heavy (non-hydrogen) atoms. The molecule has 3 rings (SSSR count). The average molecular weight is 387 g/mol. The summed E-state index contributed by atoms with van der Waals surface area (Å²) in [6.07, 6.45) is 1.07. The van der Waals surface area contributed by atoms with E-state index in [1.54, 1.807) is 19.2 Å². The number of hydrogen-bond donors (Lipinski definition) is 3. The second-order valence-corrected chi connectivity index (χ2v) is 6.45. The minimum atomic E-state index is -0.235. The minimum absolute atomic E-state index is 0.0768. The van der Waals surface area contributed by atoms with E-state index in [2.05, 4.69) is 10.2 Å². The van der Waals surface area contributed by atoms with Gasteiger partial charge in [0.15, 0.2) is 5.78 Å². The molecule has 0 aliphatic heterocycles. The predicted molar refractivity (Wildman–Crippen MR) is 104 cm³/mol. The number of carbonyl (C=O) groups excluding carboxylic acids is 1. The highest BCUT2D eigenvalue weighted by atomic mass is 35.5. The molecule has 1 aromatic heterocycles. The van der Waals surface area contributed by atoms with Gasteiger partial charge in [-0.25, -0.2) is 0 Å². The van der Waals surface area contributed by atoms with Gasteiger partial charge >= 0.3 is 0 Å². The van der Waals surface area contributed by atoms with Crippen molar-refractivity contribution in [3.8, 4) is 39.6 Å². The number of ether oxygens (including phenoxy) is 1. The number of nitrogens with one attached hydrogen (secondary N) is 1. The van der Waals surface area contributed by atoms with Gasteiger partial charge in [0, 0.05) is 23.6 Å². The van der Waals surface area contributed by atoms with E-state index >= 15 is 0 Å². The zero-order valence-electron chi connectivity index (χ0n) is 14.9. The second-order valence-electron chi connectivity index (χ2n) is 6.04. The molecule has 1 heterocycles. The number of nitrogens with zero attached hydrogens (tertiary/aromatic N) is 1. The monoisotopic (exact) mass is 386 g/mol. The van der Waals surface area contributed by atoms with Gasteiger partial charge in [-0.05, 0) is 30.2 Å². The van der Waals surface area contributed by atoms with Crippen LogP contribution in [0.25, 0.3) is 22.4 Å². The van der Waals surface area contributed by atoms with E-state index < -0.39 is 0 Å². The van der Waals surface area contributed by atoms with Gasteiger partial charge < -0.3 is 14.9 Å². The van der Waals surface area contributed by atoms with E-state index in [-0.39, 0.29) is 22.3 Å². The molecule has 140 valence electrons. The van der Waals surface area contributed by atoms with Crippen molar-refractivity contribution in [2.24, 2.45) is 0 Å². The van der Waals surface area contributed by atoms with E-state index in [4.69, 9.17) is 16.3 Å². The summed E-state index contributed by atoms with van der Waals surface area (Å²) in [5.74, 6) is 0.182. The number of phenols is 2. The fraction of sp³-hybridized carbons (Fsp3) is 0.200. The molecule has 0 amide bonds. The van der Waals surface area contributed by atoms with E-state index in [9.17, 15) is 15.0 Å². The Morgan fingerprint density at radius 3 is 2.52 bits per heavy atom. The third kappa shape index (κ3) is 3.61. The van der Waals surface area contributed by atoms with Crippen LogP contribution in [0.15, 0.2) is 36.4 Å². The first-order valence-electron chi connectivity index (χ1n) is 8.44. The molecule has 3 N–H and O–H groups in total. The lowest BCUT2D eigenvalue weighted by atomic mass is 9.96. The quantitative estimate of drug-likeness (QED) is 0.529. The smallest absolute Gasteiger partial charge is 0.181 e. The summed E-state index contributed by atoms with van der Waals surface area (Å²) >= 11 is 6.01. The zero-order valence-corrected chi connectivity index (χ0v) is 15.7. The first-order valence-corrected chi connectivity index (χ1v) is 8.81. The number of rotatable bonds is 6. The first kappa shape index (κ1) is 18.8. The second kappa shape index (κ2) is 7.72. The maximum atomic E-state index is 12.6. The molecule has 0 unspecified atom stereocenters. The van der Waals surface area contributed by atoms with Gasteiger partial charge in [0.2, 0.25) is 0 Å². The summed E-state index contributed by atoms with van der Waals surface area (Å²) in [4.78, 5) is 12.6. The summed E-state index contributed by atoms with van der Waals surface area (Å²) < 4.78 is 5.19. The van der Waals surface area contributed by atoms with Crippen molar-refractivity contribution in [2.45, 2.75) is 19.8 Å². The molecule has 6 nitrogen and oxygen atoms in total.